The van der Waals surface area contributed by atoms with Crippen molar-refractivity contribution in [3.8, 4) is 5.88 Å². The van der Waals surface area contributed by atoms with Crippen molar-refractivity contribution in [1.82, 2.24) is 9.97 Å². The van der Waals surface area contributed by atoms with E-state index < -0.39 is 17.7 Å². The van der Waals surface area contributed by atoms with Crippen molar-refractivity contribution in [2.45, 2.75) is 32.0 Å². The van der Waals surface area contributed by atoms with Crippen molar-refractivity contribution in [2.24, 2.45) is 0 Å². The number of pyridine rings is 2. The van der Waals surface area contributed by atoms with Gasteiger partial charge in [0, 0.05) is 16.8 Å². The monoisotopic (exact) mass is 496 g/mol. The number of aromatic carboxylic acids is 1. The van der Waals surface area contributed by atoms with E-state index in [1.54, 1.807) is 30.3 Å². The van der Waals surface area contributed by atoms with Gasteiger partial charge in [0.2, 0.25) is 5.88 Å². The Bertz CT molecular complexity index is 1230. The molecule has 0 bridgehead atoms. The summed E-state index contributed by atoms with van der Waals surface area (Å²) >= 11 is 5.89. The Morgan fingerprint density at radius 1 is 1.09 bits per heavy atom. The Kier molecular flexibility index (Phi) is 8.41. The molecule has 0 saturated carbocycles. The largest absolute Gasteiger partial charge is 1.00 e. The van der Waals surface area contributed by atoms with Gasteiger partial charge in [-0.25, -0.2) is 9.97 Å². The van der Waals surface area contributed by atoms with Crippen LogP contribution in [0.3, 0.4) is 0 Å². The molecule has 10 heteroatoms. The summed E-state index contributed by atoms with van der Waals surface area (Å²) in [6.45, 7) is 0.0869. The normalized spacial score (nSPS) is 13.5. The van der Waals surface area contributed by atoms with Crippen molar-refractivity contribution in [3.05, 3.63) is 87.8 Å². The van der Waals surface area contributed by atoms with Crippen LogP contribution in [0.15, 0.2) is 54.7 Å². The van der Waals surface area contributed by atoms with Gasteiger partial charge < -0.3 is 14.6 Å². The van der Waals surface area contributed by atoms with E-state index in [2.05, 4.69) is 9.97 Å². The molecule has 0 amide bonds. The third-order valence-electron chi connectivity index (χ3n) is 5.28. The number of carbonyl (C=O) groups excluding carboxylic acids is 1. The van der Waals surface area contributed by atoms with E-state index >= 15 is 0 Å². The minimum atomic E-state index is -4.58. The number of hydrogen-bond acceptors (Lipinski definition) is 5. The number of aromatic nitrogens is 2. The van der Waals surface area contributed by atoms with Crippen LogP contribution in [-0.4, -0.2) is 15.9 Å². The van der Waals surface area contributed by atoms with E-state index in [4.69, 9.17) is 16.3 Å². The first-order valence-corrected chi connectivity index (χ1v) is 10.5. The Morgan fingerprint density at radius 3 is 2.47 bits per heavy atom. The third-order valence-corrected chi connectivity index (χ3v) is 5.53. The molecular formula is C24H17ClF3N2NaO3. The van der Waals surface area contributed by atoms with Crippen LogP contribution < -0.4 is 39.4 Å². The van der Waals surface area contributed by atoms with Crippen molar-refractivity contribution < 1.29 is 57.4 Å². The number of nitrogens with zero attached hydrogens (tertiary/aromatic N) is 2. The number of alkyl halides is 3. The van der Waals surface area contributed by atoms with E-state index in [-0.39, 0.29) is 53.3 Å². The number of hydrogen-bond donors (Lipinski definition) is 0. The predicted octanol–water partition coefficient (Wildman–Crippen LogP) is 2.19. The molecule has 170 valence electrons. The fourth-order valence-corrected chi connectivity index (χ4v) is 3.84. The molecule has 0 spiro atoms. The van der Waals surface area contributed by atoms with E-state index in [9.17, 15) is 23.1 Å². The van der Waals surface area contributed by atoms with Crippen LogP contribution in [0, 0.1) is 0 Å². The Morgan fingerprint density at radius 2 is 1.79 bits per heavy atom. The first-order valence-electron chi connectivity index (χ1n) is 10.1. The van der Waals surface area contributed by atoms with Crippen molar-refractivity contribution in [3.63, 3.8) is 0 Å². The second-order valence-electron chi connectivity index (χ2n) is 7.50. The summed E-state index contributed by atoms with van der Waals surface area (Å²) in [6, 6.07) is 12.4. The molecule has 0 radical (unpaired) electrons. The summed E-state index contributed by atoms with van der Waals surface area (Å²) in [5, 5.41) is 11.8. The van der Waals surface area contributed by atoms with Crippen LogP contribution in [0.4, 0.5) is 13.2 Å². The molecule has 4 rings (SSSR count). The molecule has 2 aromatic heterocycles. The fourth-order valence-electron chi connectivity index (χ4n) is 3.71. The van der Waals surface area contributed by atoms with E-state index in [0.29, 0.717) is 41.1 Å². The number of carbonyl (C=O) groups is 1. The molecule has 1 aliphatic carbocycles. The average Bonchev–Trinajstić information content (AvgIpc) is 3.28. The molecule has 0 unspecified atom stereocenters. The van der Waals surface area contributed by atoms with Gasteiger partial charge in [-0.3, -0.25) is 0 Å². The van der Waals surface area contributed by atoms with Crippen LogP contribution in [0.2, 0.25) is 5.02 Å². The van der Waals surface area contributed by atoms with Gasteiger partial charge in [0.15, 0.2) is 0 Å². The Labute approximate surface area is 220 Å². The number of carboxylic acids is 1. The molecule has 5 nitrogen and oxygen atoms in total. The molecule has 1 aromatic carbocycles. The zero-order valence-electron chi connectivity index (χ0n) is 18.2. The van der Waals surface area contributed by atoms with E-state index in [1.807, 2.05) is 0 Å². The van der Waals surface area contributed by atoms with Gasteiger partial charge in [0.05, 0.1) is 22.9 Å². The smallest absolute Gasteiger partial charge is 0.543 e. The summed E-state index contributed by atoms with van der Waals surface area (Å²) in [5.74, 6) is -1.37. The molecule has 0 N–H and O–H groups in total. The SMILES string of the molecule is O=C([O-])c1cccc(C2=C(c3cc(C(F)(F)F)cnc3OCc3ccc(Cl)cc3)CCC2)n1.[Na+]. The number of halogens is 4. The van der Waals surface area contributed by atoms with Crippen LogP contribution in [0.25, 0.3) is 11.1 Å². The molecule has 3 aromatic rings. The standard InChI is InChI=1S/C24H18ClF3N2O3.Na/c25-16-9-7-14(8-10-16)13-33-22-19(11-15(12-29-22)24(26,27)28)17-3-1-4-18(17)20-5-2-6-21(30-20)23(31)32;/h2,5-12H,1,3-4,13H2,(H,31,32);/q;+1/p-1. The van der Waals surface area contributed by atoms with Crippen molar-refractivity contribution >= 4 is 28.7 Å². The number of rotatable bonds is 6. The minimum Gasteiger partial charge on any atom is -0.543 e. The van der Waals surface area contributed by atoms with Crippen molar-refractivity contribution in [2.75, 3.05) is 0 Å². The topological polar surface area (TPSA) is 75.1 Å². The second-order valence-corrected chi connectivity index (χ2v) is 7.93. The van der Waals surface area contributed by atoms with Crippen LogP contribution in [0.5, 0.6) is 5.88 Å². The zero-order valence-corrected chi connectivity index (χ0v) is 20.9. The van der Waals surface area contributed by atoms with Crippen LogP contribution in [0.1, 0.15) is 52.1 Å². The van der Waals surface area contributed by atoms with Gasteiger partial charge in [0.1, 0.15) is 6.61 Å². The quantitative estimate of drug-likeness (QED) is 0.489. The average molecular weight is 497 g/mol. The zero-order chi connectivity index (χ0) is 23.6. The van der Waals surface area contributed by atoms with Gasteiger partial charge in [0.25, 0.3) is 0 Å². The van der Waals surface area contributed by atoms with Gasteiger partial charge >= 0.3 is 35.7 Å². The van der Waals surface area contributed by atoms with Gasteiger partial charge in [-0.2, -0.15) is 13.2 Å². The third kappa shape index (κ3) is 5.99. The number of carboxylic acid groups (broad SMARTS) is 1. The molecule has 0 atom stereocenters. The number of ether oxygens (including phenoxy) is 1. The van der Waals surface area contributed by atoms with Gasteiger partial charge in [-0.05, 0) is 66.3 Å². The fraction of sp³-hybridized carbons (Fsp3) is 0.208. The minimum absolute atomic E-state index is 0. The summed E-state index contributed by atoms with van der Waals surface area (Å²) < 4.78 is 46.1. The van der Waals surface area contributed by atoms with E-state index in [0.717, 1.165) is 17.8 Å². The molecule has 34 heavy (non-hydrogen) atoms. The Hall–Kier alpha value is -2.39. The Balaban J connectivity index is 0.00000324. The molecule has 0 saturated heterocycles. The van der Waals surface area contributed by atoms with Crippen LogP contribution in [-0.2, 0) is 12.8 Å². The number of allylic oxidation sites excluding steroid dienone is 2. The first kappa shape index (κ1) is 26.2. The van der Waals surface area contributed by atoms with E-state index in [1.165, 1.54) is 12.1 Å². The first-order chi connectivity index (χ1) is 15.7. The van der Waals surface area contributed by atoms with Gasteiger partial charge in [-0.1, -0.05) is 29.8 Å². The molecule has 2 heterocycles. The predicted molar refractivity (Wildman–Crippen MR) is 114 cm³/mol. The summed E-state index contributed by atoms with van der Waals surface area (Å²) in [5.41, 5.74) is 1.49. The molecule has 0 fully saturated rings. The maximum Gasteiger partial charge on any atom is 1.00 e. The van der Waals surface area contributed by atoms with Gasteiger partial charge in [-0.15, -0.1) is 0 Å². The summed E-state index contributed by atoms with van der Waals surface area (Å²) in [6.07, 6.45) is -2.15. The summed E-state index contributed by atoms with van der Waals surface area (Å²) in [7, 11) is 0. The van der Waals surface area contributed by atoms with Crippen molar-refractivity contribution in [1.29, 1.82) is 0 Å². The molecule has 0 aliphatic heterocycles. The molecule has 1 aliphatic rings. The maximum atomic E-state index is 13.4. The summed E-state index contributed by atoms with van der Waals surface area (Å²) in [4.78, 5) is 19.3. The molecular weight excluding hydrogens is 480 g/mol. The van der Waals surface area contributed by atoms with Crippen LogP contribution >= 0.6 is 11.6 Å². The maximum absolute atomic E-state index is 13.4. The second kappa shape index (κ2) is 10.9. The number of benzene rings is 1.